The van der Waals surface area contributed by atoms with Gasteiger partial charge in [0.05, 0.1) is 10.0 Å². The van der Waals surface area contributed by atoms with Gasteiger partial charge in [-0.15, -0.1) is 0 Å². The third-order valence-corrected chi connectivity index (χ3v) is 4.98. The maximum Gasteiger partial charge on any atom is 0.123 e. The molecule has 3 rings (SSSR count). The van der Waals surface area contributed by atoms with Crippen molar-refractivity contribution in [1.82, 2.24) is 5.32 Å². The molecule has 1 fully saturated rings. The van der Waals surface area contributed by atoms with Crippen molar-refractivity contribution >= 4 is 28.9 Å². The number of hydrogen-bond acceptors (Lipinski definition) is 2. The summed E-state index contributed by atoms with van der Waals surface area (Å²) in [5.74, 6) is -0.214. The molecule has 0 aromatic heterocycles. The minimum atomic E-state index is -0.214. The maximum absolute atomic E-state index is 13.3. The van der Waals surface area contributed by atoms with Crippen LogP contribution in [0.3, 0.4) is 0 Å². The van der Waals surface area contributed by atoms with Crippen molar-refractivity contribution in [2.24, 2.45) is 0 Å². The highest BCUT2D eigenvalue weighted by atomic mass is 35.5. The SMILES string of the molecule is Fc1ccc(N(Cc2ccc(Cl)c(Cl)c2)C2CCNCC2)cc1. The Balaban J connectivity index is 1.87. The molecule has 23 heavy (non-hydrogen) atoms. The summed E-state index contributed by atoms with van der Waals surface area (Å²) in [5, 5.41) is 4.51. The zero-order chi connectivity index (χ0) is 16.2. The fourth-order valence-corrected chi connectivity index (χ4v) is 3.34. The summed E-state index contributed by atoms with van der Waals surface area (Å²) < 4.78 is 13.3. The van der Waals surface area contributed by atoms with Gasteiger partial charge in [0.1, 0.15) is 5.82 Å². The summed E-state index contributed by atoms with van der Waals surface area (Å²) in [6, 6.07) is 12.9. The van der Waals surface area contributed by atoms with E-state index in [0.29, 0.717) is 16.1 Å². The second-order valence-corrected chi connectivity index (χ2v) is 6.65. The van der Waals surface area contributed by atoms with Crippen molar-refractivity contribution in [2.45, 2.75) is 25.4 Å². The highest BCUT2D eigenvalue weighted by molar-refractivity contribution is 6.42. The molecule has 122 valence electrons. The molecule has 0 aliphatic carbocycles. The summed E-state index contributed by atoms with van der Waals surface area (Å²) in [4.78, 5) is 2.33. The zero-order valence-electron chi connectivity index (χ0n) is 12.7. The van der Waals surface area contributed by atoms with Gasteiger partial charge in [0.2, 0.25) is 0 Å². The van der Waals surface area contributed by atoms with E-state index in [1.165, 1.54) is 12.1 Å². The van der Waals surface area contributed by atoms with Gasteiger partial charge in [-0.25, -0.2) is 4.39 Å². The molecule has 0 spiro atoms. The smallest absolute Gasteiger partial charge is 0.123 e. The van der Waals surface area contributed by atoms with Gasteiger partial charge in [0.25, 0.3) is 0 Å². The molecule has 1 saturated heterocycles. The Labute approximate surface area is 146 Å². The Kier molecular flexibility index (Phi) is 5.42. The number of anilines is 1. The Bertz CT molecular complexity index is 655. The second kappa shape index (κ2) is 7.52. The van der Waals surface area contributed by atoms with Crippen molar-refractivity contribution in [2.75, 3.05) is 18.0 Å². The largest absolute Gasteiger partial charge is 0.364 e. The maximum atomic E-state index is 13.3. The Morgan fingerprint density at radius 3 is 2.35 bits per heavy atom. The van der Waals surface area contributed by atoms with Gasteiger partial charge in [-0.2, -0.15) is 0 Å². The van der Waals surface area contributed by atoms with Gasteiger partial charge in [-0.1, -0.05) is 29.3 Å². The van der Waals surface area contributed by atoms with E-state index in [4.69, 9.17) is 23.2 Å². The van der Waals surface area contributed by atoms with E-state index in [-0.39, 0.29) is 5.82 Å². The van der Waals surface area contributed by atoms with Crippen LogP contribution in [0.1, 0.15) is 18.4 Å². The van der Waals surface area contributed by atoms with Crippen LogP contribution >= 0.6 is 23.2 Å². The highest BCUT2D eigenvalue weighted by Crippen LogP contribution is 2.27. The molecule has 2 nitrogen and oxygen atoms in total. The molecule has 2 aromatic carbocycles. The Morgan fingerprint density at radius 2 is 1.70 bits per heavy atom. The molecule has 0 radical (unpaired) electrons. The molecule has 1 heterocycles. The summed E-state index contributed by atoms with van der Waals surface area (Å²) in [6.45, 7) is 2.74. The molecular formula is C18H19Cl2FN2. The molecular weight excluding hydrogens is 334 g/mol. The van der Waals surface area contributed by atoms with Crippen LogP contribution in [0, 0.1) is 5.82 Å². The third kappa shape index (κ3) is 4.17. The molecule has 0 atom stereocenters. The predicted octanol–water partition coefficient (Wildman–Crippen LogP) is 4.89. The fourth-order valence-electron chi connectivity index (χ4n) is 3.02. The number of nitrogens with one attached hydrogen (secondary N) is 1. The Hall–Kier alpha value is -1.29. The quantitative estimate of drug-likeness (QED) is 0.842. The number of halogens is 3. The van der Waals surface area contributed by atoms with Crippen LogP contribution in [0.5, 0.6) is 0 Å². The average molecular weight is 353 g/mol. The van der Waals surface area contributed by atoms with E-state index in [9.17, 15) is 4.39 Å². The molecule has 1 aliphatic rings. The van der Waals surface area contributed by atoms with E-state index in [1.54, 1.807) is 0 Å². The van der Waals surface area contributed by atoms with Crippen LogP contribution < -0.4 is 10.2 Å². The van der Waals surface area contributed by atoms with Crippen molar-refractivity contribution in [3.8, 4) is 0 Å². The van der Waals surface area contributed by atoms with E-state index < -0.39 is 0 Å². The predicted molar refractivity (Wildman–Crippen MR) is 94.9 cm³/mol. The average Bonchev–Trinajstić information content (AvgIpc) is 2.58. The van der Waals surface area contributed by atoms with Gasteiger partial charge >= 0.3 is 0 Å². The van der Waals surface area contributed by atoms with Crippen molar-refractivity contribution in [3.63, 3.8) is 0 Å². The number of nitrogens with zero attached hydrogens (tertiary/aromatic N) is 1. The first-order chi connectivity index (χ1) is 11.1. The van der Waals surface area contributed by atoms with Gasteiger partial charge in [0, 0.05) is 18.3 Å². The van der Waals surface area contributed by atoms with Crippen molar-refractivity contribution in [1.29, 1.82) is 0 Å². The molecule has 0 unspecified atom stereocenters. The molecule has 0 amide bonds. The van der Waals surface area contributed by atoms with Crippen LogP contribution in [0.2, 0.25) is 10.0 Å². The summed E-state index contributed by atoms with van der Waals surface area (Å²) in [6.07, 6.45) is 2.14. The van der Waals surface area contributed by atoms with Gasteiger partial charge in [-0.05, 0) is 67.9 Å². The lowest BCUT2D eigenvalue weighted by Crippen LogP contribution is -2.43. The van der Waals surface area contributed by atoms with Crippen molar-refractivity contribution < 1.29 is 4.39 Å². The molecule has 0 bridgehead atoms. The van der Waals surface area contributed by atoms with Crippen molar-refractivity contribution in [3.05, 3.63) is 63.9 Å². The monoisotopic (exact) mass is 352 g/mol. The van der Waals surface area contributed by atoms with E-state index >= 15 is 0 Å². The summed E-state index contributed by atoms with van der Waals surface area (Å²) >= 11 is 12.1. The second-order valence-electron chi connectivity index (χ2n) is 5.83. The topological polar surface area (TPSA) is 15.3 Å². The van der Waals surface area contributed by atoms with Crippen LogP contribution in [-0.2, 0) is 6.54 Å². The standard InChI is InChI=1S/C18H19Cl2FN2/c19-17-6-1-13(11-18(17)20)12-23(16-7-9-22-10-8-16)15-4-2-14(21)3-5-15/h1-6,11,16,22H,7-10,12H2. The van der Waals surface area contributed by atoms with Gasteiger partial charge < -0.3 is 10.2 Å². The van der Waals surface area contributed by atoms with Crippen LogP contribution in [0.25, 0.3) is 0 Å². The molecule has 5 heteroatoms. The number of hydrogen-bond donors (Lipinski definition) is 1. The summed E-state index contributed by atoms with van der Waals surface area (Å²) in [5.41, 5.74) is 2.13. The number of benzene rings is 2. The van der Waals surface area contributed by atoms with Crippen LogP contribution in [-0.4, -0.2) is 19.1 Å². The van der Waals surface area contributed by atoms with E-state index in [0.717, 1.165) is 43.7 Å². The molecule has 2 aromatic rings. The lowest BCUT2D eigenvalue weighted by Gasteiger charge is -2.36. The minimum Gasteiger partial charge on any atom is -0.364 e. The molecule has 1 aliphatic heterocycles. The van der Waals surface area contributed by atoms with Crippen LogP contribution in [0.15, 0.2) is 42.5 Å². The molecule has 0 saturated carbocycles. The first-order valence-corrected chi connectivity index (χ1v) is 8.56. The van der Waals surface area contributed by atoms with E-state index in [2.05, 4.69) is 10.2 Å². The highest BCUT2D eigenvalue weighted by Gasteiger charge is 2.21. The fraction of sp³-hybridized carbons (Fsp3) is 0.333. The lowest BCUT2D eigenvalue weighted by atomic mass is 10.0. The van der Waals surface area contributed by atoms with E-state index in [1.807, 2.05) is 30.3 Å². The lowest BCUT2D eigenvalue weighted by molar-refractivity contribution is 0.428. The normalized spacial score (nSPS) is 15.6. The Morgan fingerprint density at radius 1 is 1.00 bits per heavy atom. The molecule has 1 N–H and O–H groups in total. The first-order valence-electron chi connectivity index (χ1n) is 7.80. The number of rotatable bonds is 4. The minimum absolute atomic E-state index is 0.214. The van der Waals surface area contributed by atoms with Gasteiger partial charge in [0.15, 0.2) is 0 Å². The van der Waals surface area contributed by atoms with Crippen LogP contribution in [0.4, 0.5) is 10.1 Å². The third-order valence-electron chi connectivity index (χ3n) is 4.24. The van der Waals surface area contributed by atoms with Gasteiger partial charge in [-0.3, -0.25) is 0 Å². The zero-order valence-corrected chi connectivity index (χ0v) is 14.2. The number of piperidine rings is 1. The summed E-state index contributed by atoms with van der Waals surface area (Å²) in [7, 11) is 0. The first kappa shape index (κ1) is 16.6.